The van der Waals surface area contributed by atoms with Gasteiger partial charge >= 0.3 is 0 Å². The number of rotatable bonds is 5. The van der Waals surface area contributed by atoms with Gasteiger partial charge in [0.15, 0.2) is 0 Å². The Morgan fingerprint density at radius 1 is 1.21 bits per heavy atom. The van der Waals surface area contributed by atoms with Crippen molar-refractivity contribution in [3.05, 3.63) is 59.8 Å². The van der Waals surface area contributed by atoms with Crippen molar-refractivity contribution < 1.29 is 0 Å². The highest BCUT2D eigenvalue weighted by molar-refractivity contribution is 5.42. The number of nitrogens with zero attached hydrogens (tertiary/aromatic N) is 3. The van der Waals surface area contributed by atoms with Crippen LogP contribution in [0.2, 0.25) is 0 Å². The third-order valence-corrected chi connectivity index (χ3v) is 4.78. The summed E-state index contributed by atoms with van der Waals surface area (Å²) in [4.78, 5) is 6.70. The van der Waals surface area contributed by atoms with E-state index in [9.17, 15) is 0 Å². The molecule has 124 valence electrons. The van der Waals surface area contributed by atoms with Gasteiger partial charge in [-0.05, 0) is 36.5 Å². The fourth-order valence-electron chi connectivity index (χ4n) is 3.19. The van der Waals surface area contributed by atoms with E-state index in [1.165, 1.54) is 5.56 Å². The molecule has 1 atom stereocenters. The molecule has 1 fully saturated rings. The Hall–Kier alpha value is -2.38. The Morgan fingerprint density at radius 3 is 2.58 bits per heavy atom. The quantitative estimate of drug-likeness (QED) is 0.918. The molecule has 1 N–H and O–H groups in total. The minimum absolute atomic E-state index is 0.532. The van der Waals surface area contributed by atoms with Crippen LogP contribution < -0.4 is 10.2 Å². The van der Waals surface area contributed by atoms with Gasteiger partial charge in [-0.15, -0.1) is 0 Å². The maximum atomic E-state index is 8.85. The van der Waals surface area contributed by atoms with E-state index in [4.69, 9.17) is 5.26 Å². The Kier molecular flexibility index (Phi) is 5.45. The Balaban J connectivity index is 1.46. The van der Waals surface area contributed by atoms with Gasteiger partial charge in [0.1, 0.15) is 11.9 Å². The van der Waals surface area contributed by atoms with Gasteiger partial charge in [-0.2, -0.15) is 5.26 Å². The molecule has 1 aliphatic heterocycles. The van der Waals surface area contributed by atoms with Crippen molar-refractivity contribution in [2.75, 3.05) is 24.5 Å². The summed E-state index contributed by atoms with van der Waals surface area (Å²) < 4.78 is 0. The molecule has 1 aromatic heterocycles. The first-order valence-electron chi connectivity index (χ1n) is 8.65. The third kappa shape index (κ3) is 4.12. The molecule has 2 aromatic rings. The standard InChI is InChI=1S/C20H24N4/c1-16(18-5-3-2-4-6-18)14-22-19-9-11-24(12-10-19)20-8-7-17(13-21)15-23-20/h2-8,15-16,19,22H,9-12,14H2,1H3/t16-/m0/s1. The second kappa shape index (κ2) is 7.94. The molecule has 1 aliphatic rings. The second-order valence-electron chi connectivity index (χ2n) is 6.50. The molecule has 0 spiro atoms. The summed E-state index contributed by atoms with van der Waals surface area (Å²) in [5, 5.41) is 12.6. The highest BCUT2D eigenvalue weighted by atomic mass is 15.2. The molecule has 4 heteroatoms. The van der Waals surface area contributed by atoms with Crippen molar-refractivity contribution in [2.45, 2.75) is 31.7 Å². The number of aromatic nitrogens is 1. The fourth-order valence-corrected chi connectivity index (χ4v) is 3.19. The number of pyridine rings is 1. The minimum atomic E-state index is 0.532. The van der Waals surface area contributed by atoms with Crippen molar-refractivity contribution in [1.82, 2.24) is 10.3 Å². The summed E-state index contributed by atoms with van der Waals surface area (Å²) in [6, 6.07) is 17.2. The predicted molar refractivity (Wildman–Crippen MR) is 97.0 cm³/mol. The molecule has 0 aliphatic carbocycles. The van der Waals surface area contributed by atoms with Crippen molar-refractivity contribution in [3.8, 4) is 6.07 Å². The monoisotopic (exact) mass is 320 g/mol. The van der Waals surface area contributed by atoms with Gasteiger partial charge in [-0.25, -0.2) is 4.98 Å². The van der Waals surface area contributed by atoms with E-state index in [1.54, 1.807) is 6.20 Å². The fraction of sp³-hybridized carbons (Fsp3) is 0.400. The van der Waals surface area contributed by atoms with E-state index >= 15 is 0 Å². The smallest absolute Gasteiger partial charge is 0.128 e. The van der Waals surface area contributed by atoms with Crippen molar-refractivity contribution in [2.24, 2.45) is 0 Å². The molecule has 4 nitrogen and oxygen atoms in total. The summed E-state index contributed by atoms with van der Waals surface area (Å²) in [6.45, 7) is 5.31. The lowest BCUT2D eigenvalue weighted by molar-refractivity contribution is 0.405. The lowest BCUT2D eigenvalue weighted by Gasteiger charge is -2.33. The average Bonchev–Trinajstić information content (AvgIpc) is 2.67. The van der Waals surface area contributed by atoms with Crippen LogP contribution in [0.4, 0.5) is 5.82 Å². The number of benzene rings is 1. The molecule has 0 unspecified atom stereocenters. The van der Waals surface area contributed by atoms with Crippen LogP contribution in [0.25, 0.3) is 0 Å². The molecule has 1 aromatic carbocycles. The van der Waals surface area contributed by atoms with Crippen LogP contribution in [0, 0.1) is 11.3 Å². The second-order valence-corrected chi connectivity index (χ2v) is 6.50. The highest BCUT2D eigenvalue weighted by Crippen LogP contribution is 2.19. The summed E-state index contributed by atoms with van der Waals surface area (Å²) in [5.74, 6) is 1.51. The number of nitriles is 1. The van der Waals surface area contributed by atoms with Crippen LogP contribution in [-0.4, -0.2) is 30.7 Å². The van der Waals surface area contributed by atoms with E-state index in [-0.39, 0.29) is 0 Å². The summed E-state index contributed by atoms with van der Waals surface area (Å²) in [7, 11) is 0. The number of hydrogen-bond donors (Lipinski definition) is 1. The minimum Gasteiger partial charge on any atom is -0.357 e. The van der Waals surface area contributed by atoms with Crippen molar-refractivity contribution in [3.63, 3.8) is 0 Å². The topological polar surface area (TPSA) is 52.0 Å². The Bertz CT molecular complexity index is 667. The number of nitrogens with one attached hydrogen (secondary N) is 1. The third-order valence-electron chi connectivity index (χ3n) is 4.78. The molecule has 0 bridgehead atoms. The molecule has 3 rings (SSSR count). The van der Waals surface area contributed by atoms with E-state index in [0.29, 0.717) is 17.5 Å². The van der Waals surface area contributed by atoms with Gasteiger partial charge in [-0.3, -0.25) is 0 Å². The first kappa shape index (κ1) is 16.5. The average molecular weight is 320 g/mol. The largest absolute Gasteiger partial charge is 0.357 e. The first-order chi connectivity index (χ1) is 11.8. The van der Waals surface area contributed by atoms with Crippen LogP contribution in [0.5, 0.6) is 0 Å². The molecular weight excluding hydrogens is 296 g/mol. The van der Waals surface area contributed by atoms with Crippen LogP contribution in [0.3, 0.4) is 0 Å². The molecule has 24 heavy (non-hydrogen) atoms. The first-order valence-corrected chi connectivity index (χ1v) is 8.65. The number of piperidine rings is 1. The van der Waals surface area contributed by atoms with Crippen molar-refractivity contribution in [1.29, 1.82) is 5.26 Å². The van der Waals surface area contributed by atoms with Gasteiger partial charge in [0.2, 0.25) is 0 Å². The SMILES string of the molecule is C[C@@H](CNC1CCN(c2ccc(C#N)cn2)CC1)c1ccccc1. The normalized spacial score (nSPS) is 16.6. The molecular formula is C20H24N4. The van der Waals surface area contributed by atoms with E-state index in [1.807, 2.05) is 12.1 Å². The maximum Gasteiger partial charge on any atom is 0.128 e. The summed E-state index contributed by atoms with van der Waals surface area (Å²) in [6.07, 6.45) is 3.91. The lowest BCUT2D eigenvalue weighted by Crippen LogP contribution is -2.43. The van der Waals surface area contributed by atoms with Crippen LogP contribution >= 0.6 is 0 Å². The van der Waals surface area contributed by atoms with E-state index < -0.39 is 0 Å². The van der Waals surface area contributed by atoms with Gasteiger partial charge in [-0.1, -0.05) is 37.3 Å². The summed E-state index contributed by atoms with van der Waals surface area (Å²) >= 11 is 0. The molecule has 0 saturated carbocycles. The van der Waals surface area contributed by atoms with E-state index in [2.05, 4.69) is 58.5 Å². The summed E-state index contributed by atoms with van der Waals surface area (Å²) in [5.41, 5.74) is 2.01. The van der Waals surface area contributed by atoms with Gasteiger partial charge < -0.3 is 10.2 Å². The van der Waals surface area contributed by atoms with Gasteiger partial charge in [0.05, 0.1) is 5.56 Å². The Labute approximate surface area is 144 Å². The molecule has 2 heterocycles. The zero-order chi connectivity index (χ0) is 16.8. The molecule has 0 amide bonds. The van der Waals surface area contributed by atoms with E-state index in [0.717, 1.165) is 38.3 Å². The predicted octanol–water partition coefficient (Wildman–Crippen LogP) is 3.32. The van der Waals surface area contributed by atoms with Crippen LogP contribution in [0.15, 0.2) is 48.7 Å². The Morgan fingerprint density at radius 2 is 1.96 bits per heavy atom. The zero-order valence-electron chi connectivity index (χ0n) is 14.2. The maximum absolute atomic E-state index is 8.85. The lowest BCUT2D eigenvalue weighted by atomic mass is 9.99. The van der Waals surface area contributed by atoms with Gasteiger partial charge in [0, 0.05) is 31.9 Å². The zero-order valence-corrected chi connectivity index (χ0v) is 14.2. The van der Waals surface area contributed by atoms with Gasteiger partial charge in [0.25, 0.3) is 0 Å². The highest BCUT2D eigenvalue weighted by Gasteiger charge is 2.20. The molecule has 1 saturated heterocycles. The van der Waals surface area contributed by atoms with Crippen LogP contribution in [0.1, 0.15) is 36.8 Å². The van der Waals surface area contributed by atoms with Crippen LogP contribution in [-0.2, 0) is 0 Å². The number of hydrogen-bond acceptors (Lipinski definition) is 4. The molecule has 0 radical (unpaired) electrons. The van der Waals surface area contributed by atoms with Crippen molar-refractivity contribution >= 4 is 5.82 Å². The number of anilines is 1.